The van der Waals surface area contributed by atoms with Crippen LogP contribution in [0.5, 0.6) is 0 Å². The van der Waals surface area contributed by atoms with Gasteiger partial charge in [-0.1, -0.05) is 362 Å². The standard InChI is InChI=1S/C77H150O17P2/c1-5-9-13-17-21-25-28-30-32-34-36-38-40-42-44-48-52-56-60-64-77(82)94-73(68-88-75(80)62-58-54-50-47-43-41-39-37-35-33-31-29-26-22-18-14-10-6-2)70-92-96(85,86)90-66-71(78)65-89-95(83,84)91-69-72(67-87-74(79)61-57-53-49-45-24-20-16-12-8-4)93-76(81)63-59-55-51-46-27-23-19-15-11-7-3/h71-73,78H,5-70H2,1-4H3,(H,83,84)(H,85,86)/t71-,72+,73+/m0/s1. The predicted octanol–water partition coefficient (Wildman–Crippen LogP) is 23.0. The van der Waals surface area contributed by atoms with Crippen molar-refractivity contribution in [3.63, 3.8) is 0 Å². The first-order valence-electron chi connectivity index (χ1n) is 40.3. The summed E-state index contributed by atoms with van der Waals surface area (Å²) in [5, 5.41) is 10.6. The molecule has 96 heavy (non-hydrogen) atoms. The van der Waals surface area contributed by atoms with Gasteiger partial charge >= 0.3 is 39.5 Å². The van der Waals surface area contributed by atoms with Crippen molar-refractivity contribution in [2.24, 2.45) is 0 Å². The minimum atomic E-state index is -4.96. The number of esters is 4. The van der Waals surface area contributed by atoms with Gasteiger partial charge in [-0.2, -0.15) is 0 Å². The summed E-state index contributed by atoms with van der Waals surface area (Å²) in [6, 6.07) is 0. The van der Waals surface area contributed by atoms with Gasteiger partial charge in [0.05, 0.1) is 26.4 Å². The lowest BCUT2D eigenvalue weighted by Gasteiger charge is -2.21. The summed E-state index contributed by atoms with van der Waals surface area (Å²) in [5.41, 5.74) is 0. The topological polar surface area (TPSA) is 237 Å². The fourth-order valence-corrected chi connectivity index (χ4v) is 13.5. The molecule has 0 amide bonds. The normalized spacial score (nSPS) is 13.9. The molecule has 5 atom stereocenters. The van der Waals surface area contributed by atoms with Crippen molar-refractivity contribution < 1.29 is 80.2 Å². The first-order valence-corrected chi connectivity index (χ1v) is 43.3. The van der Waals surface area contributed by atoms with Gasteiger partial charge in [-0.25, -0.2) is 9.13 Å². The van der Waals surface area contributed by atoms with Gasteiger partial charge in [0.25, 0.3) is 0 Å². The molecular weight excluding hydrogens is 1260 g/mol. The number of hydrogen-bond donors (Lipinski definition) is 3. The fourth-order valence-electron chi connectivity index (χ4n) is 11.9. The Labute approximate surface area is 588 Å². The van der Waals surface area contributed by atoms with Crippen LogP contribution >= 0.6 is 15.6 Å². The van der Waals surface area contributed by atoms with Gasteiger partial charge in [0.2, 0.25) is 0 Å². The molecule has 0 aliphatic rings. The Morgan fingerprint density at radius 1 is 0.250 bits per heavy atom. The number of phosphoric acid groups is 2. The van der Waals surface area contributed by atoms with Crippen LogP contribution in [-0.2, 0) is 65.4 Å². The lowest BCUT2D eigenvalue weighted by atomic mass is 10.0. The lowest BCUT2D eigenvalue weighted by molar-refractivity contribution is -0.161. The zero-order valence-corrected chi connectivity index (χ0v) is 64.1. The molecular formula is C77H150O17P2. The van der Waals surface area contributed by atoms with E-state index in [2.05, 4.69) is 27.7 Å². The number of phosphoric ester groups is 2. The molecule has 0 saturated carbocycles. The molecule has 570 valence electrons. The van der Waals surface area contributed by atoms with E-state index in [9.17, 15) is 43.2 Å². The summed E-state index contributed by atoms with van der Waals surface area (Å²) in [6.45, 7) is 4.97. The molecule has 0 fully saturated rings. The van der Waals surface area contributed by atoms with E-state index in [1.54, 1.807) is 0 Å². The molecule has 0 spiro atoms. The van der Waals surface area contributed by atoms with E-state index < -0.39 is 97.5 Å². The van der Waals surface area contributed by atoms with Gasteiger partial charge in [-0.05, 0) is 25.7 Å². The van der Waals surface area contributed by atoms with Crippen LogP contribution < -0.4 is 0 Å². The van der Waals surface area contributed by atoms with Gasteiger partial charge in [0.15, 0.2) is 12.2 Å². The Bertz CT molecular complexity index is 1830. The van der Waals surface area contributed by atoms with Crippen molar-refractivity contribution in [3.8, 4) is 0 Å². The molecule has 2 unspecified atom stereocenters. The summed E-state index contributed by atoms with van der Waals surface area (Å²) in [4.78, 5) is 72.7. The number of unbranched alkanes of at least 4 members (excludes halogenated alkanes) is 52. The second-order valence-corrected chi connectivity index (χ2v) is 30.7. The van der Waals surface area contributed by atoms with Crippen molar-refractivity contribution in [1.29, 1.82) is 0 Å². The third-order valence-corrected chi connectivity index (χ3v) is 20.0. The summed E-state index contributed by atoms with van der Waals surface area (Å²) >= 11 is 0. The van der Waals surface area contributed by atoms with E-state index in [0.29, 0.717) is 25.7 Å². The van der Waals surface area contributed by atoms with E-state index >= 15 is 0 Å². The van der Waals surface area contributed by atoms with Crippen LogP contribution in [0.25, 0.3) is 0 Å². The number of carbonyl (C=O) groups excluding carboxylic acids is 4. The summed E-state index contributed by atoms with van der Waals surface area (Å²) in [7, 11) is -9.90. The molecule has 0 bridgehead atoms. The number of hydrogen-bond acceptors (Lipinski definition) is 15. The van der Waals surface area contributed by atoms with Crippen molar-refractivity contribution in [3.05, 3.63) is 0 Å². The van der Waals surface area contributed by atoms with E-state index in [4.69, 9.17) is 37.0 Å². The largest absolute Gasteiger partial charge is 0.472 e. The van der Waals surface area contributed by atoms with E-state index in [1.807, 2.05) is 0 Å². The maximum atomic E-state index is 13.1. The molecule has 0 aliphatic heterocycles. The number of carbonyl (C=O) groups is 4. The number of ether oxygens (including phenoxy) is 4. The Kier molecular flexibility index (Phi) is 70.0. The van der Waals surface area contributed by atoms with Crippen molar-refractivity contribution in [1.82, 2.24) is 0 Å². The third-order valence-electron chi connectivity index (χ3n) is 18.1. The molecule has 0 heterocycles. The van der Waals surface area contributed by atoms with Crippen LogP contribution in [0.2, 0.25) is 0 Å². The fraction of sp³-hybridized carbons (Fsp3) is 0.948. The highest BCUT2D eigenvalue weighted by atomic mass is 31.2. The molecule has 0 aliphatic carbocycles. The first kappa shape index (κ1) is 94.1. The highest BCUT2D eigenvalue weighted by Crippen LogP contribution is 2.45. The highest BCUT2D eigenvalue weighted by molar-refractivity contribution is 7.47. The van der Waals surface area contributed by atoms with Crippen LogP contribution in [0.4, 0.5) is 0 Å². The Morgan fingerprint density at radius 2 is 0.417 bits per heavy atom. The van der Waals surface area contributed by atoms with Crippen LogP contribution in [0.3, 0.4) is 0 Å². The number of aliphatic hydroxyl groups excluding tert-OH is 1. The maximum absolute atomic E-state index is 13.1. The van der Waals surface area contributed by atoms with Crippen LogP contribution in [0.1, 0.15) is 413 Å². The average molecular weight is 1410 g/mol. The second kappa shape index (κ2) is 71.5. The van der Waals surface area contributed by atoms with Gasteiger partial charge in [-0.3, -0.25) is 37.3 Å². The SMILES string of the molecule is CCCCCCCCCCCCCCCCCCCCCC(=O)O[C@H](COC(=O)CCCCCCCCCCCCCCCCCCCC)COP(=O)(O)OC[C@@H](O)COP(=O)(O)OC[C@@H](COC(=O)CCCCCCCCCCC)OC(=O)CCCCCCCCCCCC. The van der Waals surface area contributed by atoms with Crippen LogP contribution in [-0.4, -0.2) is 96.7 Å². The molecule has 19 heteroatoms. The predicted molar refractivity (Wildman–Crippen MR) is 391 cm³/mol. The molecule has 3 N–H and O–H groups in total. The van der Waals surface area contributed by atoms with Crippen LogP contribution in [0, 0.1) is 0 Å². The molecule has 17 nitrogen and oxygen atoms in total. The Hall–Kier alpha value is -1.94. The molecule has 0 aromatic carbocycles. The number of rotatable bonds is 78. The summed E-state index contributed by atoms with van der Waals surface area (Å²) < 4.78 is 68.5. The first-order chi connectivity index (χ1) is 46.7. The van der Waals surface area contributed by atoms with Gasteiger partial charge in [-0.15, -0.1) is 0 Å². The van der Waals surface area contributed by atoms with Crippen molar-refractivity contribution >= 4 is 39.5 Å². The summed E-state index contributed by atoms with van der Waals surface area (Å²) in [5.74, 6) is -2.11. The Morgan fingerprint density at radius 3 is 0.615 bits per heavy atom. The molecule has 0 aromatic rings. The van der Waals surface area contributed by atoms with Gasteiger partial charge < -0.3 is 33.8 Å². The number of aliphatic hydroxyl groups is 1. The lowest BCUT2D eigenvalue weighted by Crippen LogP contribution is -2.30. The molecule has 0 rings (SSSR count). The summed E-state index contributed by atoms with van der Waals surface area (Å²) in [6.07, 6.45) is 62.5. The third kappa shape index (κ3) is 70.5. The van der Waals surface area contributed by atoms with Crippen molar-refractivity contribution in [2.45, 2.75) is 431 Å². The molecule has 0 saturated heterocycles. The van der Waals surface area contributed by atoms with Crippen LogP contribution in [0.15, 0.2) is 0 Å². The van der Waals surface area contributed by atoms with E-state index in [0.717, 1.165) is 89.9 Å². The highest BCUT2D eigenvalue weighted by Gasteiger charge is 2.30. The monoisotopic (exact) mass is 1410 g/mol. The van der Waals surface area contributed by atoms with Crippen molar-refractivity contribution in [2.75, 3.05) is 39.6 Å². The quantitative estimate of drug-likeness (QED) is 0.0222. The minimum absolute atomic E-state index is 0.107. The average Bonchev–Trinajstić information content (AvgIpc) is 1.23. The Balaban J connectivity index is 5.19. The molecule has 0 aromatic heterocycles. The second-order valence-electron chi connectivity index (χ2n) is 27.7. The smallest absolute Gasteiger partial charge is 0.462 e. The van der Waals surface area contributed by atoms with Gasteiger partial charge in [0, 0.05) is 25.7 Å². The zero-order valence-electron chi connectivity index (χ0n) is 62.4. The maximum Gasteiger partial charge on any atom is 0.472 e. The molecule has 0 radical (unpaired) electrons. The minimum Gasteiger partial charge on any atom is -0.462 e. The van der Waals surface area contributed by atoms with Gasteiger partial charge in [0.1, 0.15) is 19.3 Å². The zero-order chi connectivity index (χ0) is 70.4. The van der Waals surface area contributed by atoms with E-state index in [-0.39, 0.29) is 25.7 Å². The van der Waals surface area contributed by atoms with E-state index in [1.165, 1.54) is 244 Å².